The van der Waals surface area contributed by atoms with Crippen molar-refractivity contribution >= 4 is 28.4 Å². The molecule has 0 spiro atoms. The summed E-state index contributed by atoms with van der Waals surface area (Å²) in [6.07, 6.45) is 3.60. The highest BCUT2D eigenvalue weighted by atomic mass is 16.5. The third-order valence-electron chi connectivity index (χ3n) is 6.51. The predicted octanol–water partition coefficient (Wildman–Crippen LogP) is 2.19. The van der Waals surface area contributed by atoms with Crippen molar-refractivity contribution in [3.63, 3.8) is 0 Å². The highest BCUT2D eigenvalue weighted by Gasteiger charge is 2.25. The smallest absolute Gasteiger partial charge is 0.230 e. The number of nitrogens with one attached hydrogen (secondary N) is 3. The molecule has 0 saturated carbocycles. The summed E-state index contributed by atoms with van der Waals surface area (Å²) in [5.41, 5.74) is 3.59. The van der Waals surface area contributed by atoms with Crippen LogP contribution in [0.15, 0.2) is 48.8 Å². The van der Waals surface area contributed by atoms with Crippen LogP contribution in [0, 0.1) is 5.92 Å². The number of fused-ring (bicyclic) bond motifs is 1. The standard InChI is InChI=1S/C24H26N8O2/c1-15-14-34-9-8-31(15)22-10-19(20-13-27-32(23(20)29-22)21-6-7-26-30-21)16-2-4-18(5-3-16)28-24(33)17-11-25-12-17/h2-7,10,13,15,17,25H,8-9,11-12,14H2,1H3,(H,26,30)(H,28,33)/t15-/m1/s1. The van der Waals surface area contributed by atoms with E-state index in [1.165, 1.54) is 0 Å². The maximum Gasteiger partial charge on any atom is 0.230 e. The number of rotatable bonds is 5. The van der Waals surface area contributed by atoms with E-state index < -0.39 is 0 Å². The summed E-state index contributed by atoms with van der Waals surface area (Å²) in [4.78, 5) is 19.6. The maximum absolute atomic E-state index is 12.3. The number of aromatic amines is 1. The van der Waals surface area contributed by atoms with Crippen LogP contribution >= 0.6 is 0 Å². The predicted molar refractivity (Wildman–Crippen MR) is 129 cm³/mol. The van der Waals surface area contributed by atoms with Crippen molar-refractivity contribution < 1.29 is 9.53 Å². The maximum atomic E-state index is 12.3. The van der Waals surface area contributed by atoms with Gasteiger partial charge >= 0.3 is 0 Å². The fourth-order valence-corrected chi connectivity index (χ4v) is 4.43. The van der Waals surface area contributed by atoms with E-state index in [2.05, 4.69) is 43.8 Å². The van der Waals surface area contributed by atoms with Crippen molar-refractivity contribution in [1.29, 1.82) is 0 Å². The third-order valence-corrected chi connectivity index (χ3v) is 6.51. The van der Waals surface area contributed by atoms with Gasteiger partial charge in [-0.2, -0.15) is 14.9 Å². The number of ether oxygens (including phenoxy) is 1. The van der Waals surface area contributed by atoms with E-state index in [1.54, 1.807) is 10.9 Å². The average Bonchev–Trinajstić information content (AvgIpc) is 3.48. The molecule has 6 rings (SSSR count). The van der Waals surface area contributed by atoms with Gasteiger partial charge in [0.1, 0.15) is 5.82 Å². The molecule has 34 heavy (non-hydrogen) atoms. The molecule has 1 atom stereocenters. The Morgan fingerprint density at radius 1 is 1.18 bits per heavy atom. The molecule has 3 aromatic heterocycles. The summed E-state index contributed by atoms with van der Waals surface area (Å²) in [6, 6.07) is 12.2. The molecule has 1 amide bonds. The SMILES string of the molecule is C[C@@H]1COCCN1c1cc(-c2ccc(NC(=O)C3CNC3)cc2)c2cnn(-c3cc[nH]n3)c2n1. The van der Waals surface area contributed by atoms with Crippen LogP contribution in [-0.2, 0) is 9.53 Å². The number of amides is 1. The molecule has 2 saturated heterocycles. The van der Waals surface area contributed by atoms with Crippen LogP contribution in [0.5, 0.6) is 0 Å². The van der Waals surface area contributed by atoms with E-state index >= 15 is 0 Å². The number of carbonyl (C=O) groups excluding carboxylic acids is 1. The Morgan fingerprint density at radius 3 is 2.74 bits per heavy atom. The van der Waals surface area contributed by atoms with Gasteiger partial charge in [0.25, 0.3) is 0 Å². The van der Waals surface area contributed by atoms with Gasteiger partial charge in [0.2, 0.25) is 5.91 Å². The zero-order valence-electron chi connectivity index (χ0n) is 18.9. The first kappa shape index (κ1) is 20.8. The van der Waals surface area contributed by atoms with Crippen LogP contribution in [0.4, 0.5) is 11.5 Å². The van der Waals surface area contributed by atoms with Crippen LogP contribution in [0.1, 0.15) is 6.92 Å². The van der Waals surface area contributed by atoms with Gasteiger partial charge < -0.3 is 20.3 Å². The average molecular weight is 459 g/mol. The first-order valence-corrected chi connectivity index (χ1v) is 11.5. The third kappa shape index (κ3) is 3.70. The van der Waals surface area contributed by atoms with Gasteiger partial charge in [-0.25, -0.2) is 4.98 Å². The number of nitrogens with zero attached hydrogens (tertiary/aromatic N) is 5. The summed E-state index contributed by atoms with van der Waals surface area (Å²) < 4.78 is 7.39. The van der Waals surface area contributed by atoms with Crippen LogP contribution < -0.4 is 15.5 Å². The first-order chi connectivity index (χ1) is 16.7. The Hall–Kier alpha value is -3.76. The molecule has 2 fully saturated rings. The fraction of sp³-hybridized carbons (Fsp3) is 0.333. The molecule has 174 valence electrons. The molecule has 10 nitrogen and oxygen atoms in total. The minimum Gasteiger partial charge on any atom is -0.377 e. The Bertz CT molecular complexity index is 1310. The second kappa shape index (κ2) is 8.54. The summed E-state index contributed by atoms with van der Waals surface area (Å²) in [6.45, 7) is 5.73. The Morgan fingerprint density at radius 2 is 2.03 bits per heavy atom. The van der Waals surface area contributed by atoms with Crippen molar-refractivity contribution in [1.82, 2.24) is 30.3 Å². The number of hydrogen-bond acceptors (Lipinski definition) is 7. The van der Waals surface area contributed by atoms with Gasteiger partial charge in [-0.1, -0.05) is 12.1 Å². The molecule has 3 N–H and O–H groups in total. The summed E-state index contributed by atoms with van der Waals surface area (Å²) in [5.74, 6) is 1.67. The van der Waals surface area contributed by atoms with Gasteiger partial charge in [-0.15, -0.1) is 0 Å². The normalized spacial score (nSPS) is 18.7. The highest BCUT2D eigenvalue weighted by Crippen LogP contribution is 2.34. The molecule has 0 unspecified atom stereocenters. The van der Waals surface area contributed by atoms with Crippen molar-refractivity contribution in [2.24, 2.45) is 5.92 Å². The number of benzene rings is 1. The van der Waals surface area contributed by atoms with E-state index in [0.717, 1.165) is 53.3 Å². The fourth-order valence-electron chi connectivity index (χ4n) is 4.43. The van der Waals surface area contributed by atoms with Crippen LogP contribution in [-0.4, -0.2) is 69.8 Å². The van der Waals surface area contributed by atoms with E-state index in [4.69, 9.17) is 9.72 Å². The zero-order chi connectivity index (χ0) is 23.1. The quantitative estimate of drug-likeness (QED) is 0.420. The molecule has 0 radical (unpaired) electrons. The van der Waals surface area contributed by atoms with Crippen molar-refractivity contribution in [3.8, 4) is 16.9 Å². The van der Waals surface area contributed by atoms with Crippen molar-refractivity contribution in [3.05, 3.63) is 48.8 Å². The van der Waals surface area contributed by atoms with Gasteiger partial charge in [0.05, 0.1) is 31.4 Å². The molecular weight excluding hydrogens is 432 g/mol. The van der Waals surface area contributed by atoms with Crippen molar-refractivity contribution in [2.75, 3.05) is 43.1 Å². The topological polar surface area (TPSA) is 113 Å². The number of aromatic nitrogens is 5. The summed E-state index contributed by atoms with van der Waals surface area (Å²) in [5, 5.41) is 18.8. The highest BCUT2D eigenvalue weighted by molar-refractivity contribution is 5.96. The van der Waals surface area contributed by atoms with E-state index in [9.17, 15) is 4.79 Å². The van der Waals surface area contributed by atoms with Crippen molar-refractivity contribution in [2.45, 2.75) is 13.0 Å². The zero-order valence-corrected chi connectivity index (χ0v) is 18.9. The number of anilines is 2. The number of pyridine rings is 1. The Balaban J connectivity index is 1.41. The first-order valence-electron chi connectivity index (χ1n) is 11.5. The lowest BCUT2D eigenvalue weighted by Gasteiger charge is -2.34. The van der Waals surface area contributed by atoms with Crippen LogP contribution in [0.25, 0.3) is 28.0 Å². The number of morpholine rings is 1. The molecule has 10 heteroatoms. The molecule has 0 aliphatic carbocycles. The molecule has 2 aliphatic rings. The largest absolute Gasteiger partial charge is 0.377 e. The lowest BCUT2D eigenvalue weighted by molar-refractivity contribution is -0.121. The summed E-state index contributed by atoms with van der Waals surface area (Å²) >= 11 is 0. The lowest BCUT2D eigenvalue weighted by atomic mass is 10.0. The van der Waals surface area contributed by atoms with E-state index in [0.29, 0.717) is 19.0 Å². The van der Waals surface area contributed by atoms with Gasteiger partial charge in [0, 0.05) is 43.0 Å². The lowest BCUT2D eigenvalue weighted by Crippen LogP contribution is -2.48. The molecule has 2 aliphatic heterocycles. The summed E-state index contributed by atoms with van der Waals surface area (Å²) in [7, 11) is 0. The van der Waals surface area contributed by atoms with Gasteiger partial charge in [-0.3, -0.25) is 9.89 Å². The number of carbonyl (C=O) groups is 1. The number of hydrogen-bond donors (Lipinski definition) is 3. The molecule has 0 bridgehead atoms. The minimum atomic E-state index is 0.0467. The second-order valence-electron chi connectivity index (χ2n) is 8.79. The van der Waals surface area contributed by atoms with Gasteiger partial charge in [-0.05, 0) is 36.2 Å². The monoisotopic (exact) mass is 458 g/mol. The van der Waals surface area contributed by atoms with Crippen LogP contribution in [0.2, 0.25) is 0 Å². The molecule has 4 aromatic rings. The minimum absolute atomic E-state index is 0.0467. The van der Waals surface area contributed by atoms with Gasteiger partial charge in [0.15, 0.2) is 11.5 Å². The molecule has 5 heterocycles. The van der Waals surface area contributed by atoms with E-state index in [-0.39, 0.29) is 17.9 Å². The second-order valence-corrected chi connectivity index (χ2v) is 8.79. The Kier molecular flexibility index (Phi) is 5.23. The molecular formula is C24H26N8O2. The molecule has 1 aromatic carbocycles. The Labute approximate surface area is 196 Å². The van der Waals surface area contributed by atoms with Crippen LogP contribution in [0.3, 0.4) is 0 Å². The number of H-pyrrole nitrogens is 1. The van der Waals surface area contributed by atoms with E-state index in [1.807, 2.05) is 36.5 Å².